The molecular weight excluding hydrogens is 418 g/mol. The van der Waals surface area contributed by atoms with Gasteiger partial charge in [-0.25, -0.2) is 26.5 Å². The monoisotopic (exact) mass is 438 g/mol. The van der Waals surface area contributed by atoms with E-state index in [1.54, 1.807) is 12.3 Å². The van der Waals surface area contributed by atoms with Crippen LogP contribution in [0.1, 0.15) is 29.3 Å². The van der Waals surface area contributed by atoms with E-state index < -0.39 is 32.9 Å². The lowest BCUT2D eigenvalue weighted by Gasteiger charge is -2.34. The van der Waals surface area contributed by atoms with Gasteiger partial charge in [-0.05, 0) is 43.2 Å². The minimum atomic E-state index is -3.83. The van der Waals surface area contributed by atoms with Crippen LogP contribution in [-0.2, 0) is 22.0 Å². The maximum Gasteiger partial charge on any atom is 0.239 e. The fraction of sp³-hybridized carbons (Fsp3) is 0.316. The van der Waals surface area contributed by atoms with Crippen LogP contribution in [0.2, 0.25) is 0 Å². The summed E-state index contributed by atoms with van der Waals surface area (Å²) < 4.78 is 54.6. The number of aryl methyl sites for hydroxylation is 1. The third-order valence-electron chi connectivity index (χ3n) is 4.79. The van der Waals surface area contributed by atoms with Crippen molar-refractivity contribution in [3.63, 3.8) is 0 Å². The van der Waals surface area contributed by atoms with E-state index in [-0.39, 0.29) is 17.9 Å². The highest BCUT2D eigenvalue weighted by Gasteiger charge is 2.42. The van der Waals surface area contributed by atoms with E-state index in [9.17, 15) is 17.2 Å². The molecule has 3 rings (SSSR count). The molecule has 1 aliphatic rings. The zero-order valence-electron chi connectivity index (χ0n) is 16.1. The molecule has 0 radical (unpaired) electrons. The second-order valence-electron chi connectivity index (χ2n) is 7.23. The molecule has 154 valence electrons. The molecule has 0 saturated heterocycles. The molecule has 2 heterocycles. The molecule has 0 aliphatic carbocycles. The Morgan fingerprint density at radius 2 is 2.03 bits per heavy atom. The molecule has 10 heteroatoms. The summed E-state index contributed by atoms with van der Waals surface area (Å²) >= 11 is 5.39. The van der Waals surface area contributed by atoms with Crippen molar-refractivity contribution in [2.45, 2.75) is 25.8 Å². The molecule has 1 aromatic carbocycles. The number of rotatable bonds is 4. The summed E-state index contributed by atoms with van der Waals surface area (Å²) in [7, 11) is -2.57. The summed E-state index contributed by atoms with van der Waals surface area (Å²) in [5, 5.41) is 0. The lowest BCUT2D eigenvalue weighted by atomic mass is 9.91. The average molecular weight is 439 g/mol. The molecule has 0 bridgehead atoms. The highest BCUT2D eigenvalue weighted by molar-refractivity contribution is 7.89. The van der Waals surface area contributed by atoms with Crippen LogP contribution in [-0.4, -0.2) is 41.3 Å². The van der Waals surface area contributed by atoms with Crippen molar-refractivity contribution in [3.8, 4) is 0 Å². The number of halogens is 2. The van der Waals surface area contributed by atoms with Gasteiger partial charge < -0.3 is 5.73 Å². The number of aliphatic imine (C=N–C) groups is 1. The Balaban J connectivity index is 2.02. The Morgan fingerprint density at radius 3 is 2.62 bits per heavy atom. The summed E-state index contributed by atoms with van der Waals surface area (Å²) in [6, 6.07) is 6.04. The van der Waals surface area contributed by atoms with Crippen molar-refractivity contribution in [2.75, 3.05) is 12.8 Å². The standard InChI is InChI=1S/C19H20F2N4O2S2/c1-11-4-5-15(23-9-11)16(28)8-12-6-13(17(21)14(20)7-12)19(2)10-29(26,27)25(3)18(22)24-19/h4-7,9H,8,10H2,1-3H3,(H2,22,24)/t19-/m0/s1. The molecule has 0 amide bonds. The first-order valence-corrected chi connectivity index (χ1v) is 10.7. The quantitative estimate of drug-likeness (QED) is 0.585. The van der Waals surface area contributed by atoms with Crippen molar-refractivity contribution >= 4 is 33.1 Å². The Labute approximate surface area is 173 Å². The van der Waals surface area contributed by atoms with E-state index in [0.717, 1.165) is 15.9 Å². The molecule has 6 nitrogen and oxygen atoms in total. The predicted octanol–water partition coefficient (Wildman–Crippen LogP) is 2.43. The van der Waals surface area contributed by atoms with Gasteiger partial charge in [0.25, 0.3) is 0 Å². The number of thiocarbonyl (C=S) groups is 1. The molecule has 2 N–H and O–H groups in total. The van der Waals surface area contributed by atoms with Gasteiger partial charge in [0.15, 0.2) is 11.6 Å². The van der Waals surface area contributed by atoms with Crippen LogP contribution in [0.5, 0.6) is 0 Å². The van der Waals surface area contributed by atoms with E-state index in [1.807, 2.05) is 13.0 Å². The Morgan fingerprint density at radius 1 is 1.34 bits per heavy atom. The Kier molecular flexibility index (Phi) is 5.44. The highest BCUT2D eigenvalue weighted by atomic mass is 32.2. The highest BCUT2D eigenvalue weighted by Crippen LogP contribution is 2.35. The Bertz CT molecular complexity index is 1120. The zero-order chi connectivity index (χ0) is 21.6. The van der Waals surface area contributed by atoms with Gasteiger partial charge in [-0.1, -0.05) is 18.3 Å². The molecule has 0 spiro atoms. The smallest absolute Gasteiger partial charge is 0.239 e. The van der Waals surface area contributed by atoms with Crippen LogP contribution in [0.15, 0.2) is 35.5 Å². The largest absolute Gasteiger partial charge is 0.369 e. The number of sulfonamides is 1. The third-order valence-corrected chi connectivity index (χ3v) is 7.10. The maximum absolute atomic E-state index is 14.7. The van der Waals surface area contributed by atoms with Crippen molar-refractivity contribution < 1.29 is 17.2 Å². The fourth-order valence-electron chi connectivity index (χ4n) is 3.14. The first-order chi connectivity index (χ1) is 13.4. The van der Waals surface area contributed by atoms with Gasteiger partial charge in [0.05, 0.1) is 11.4 Å². The van der Waals surface area contributed by atoms with Gasteiger partial charge in [-0.3, -0.25) is 4.98 Å². The first-order valence-electron chi connectivity index (χ1n) is 8.69. The first kappa shape index (κ1) is 21.3. The topological polar surface area (TPSA) is 88.7 Å². The van der Waals surface area contributed by atoms with E-state index in [0.29, 0.717) is 16.1 Å². The van der Waals surface area contributed by atoms with Crippen LogP contribution in [0.3, 0.4) is 0 Å². The average Bonchev–Trinajstić information content (AvgIpc) is 2.62. The van der Waals surface area contributed by atoms with E-state index in [2.05, 4.69) is 9.98 Å². The van der Waals surface area contributed by atoms with Crippen LogP contribution < -0.4 is 5.73 Å². The van der Waals surface area contributed by atoms with Crippen LogP contribution >= 0.6 is 12.2 Å². The summed E-state index contributed by atoms with van der Waals surface area (Å²) in [6.45, 7) is 3.30. The Hall–Kier alpha value is -2.46. The second-order valence-corrected chi connectivity index (χ2v) is 9.72. The molecule has 1 atom stereocenters. The number of nitrogens with two attached hydrogens (primary N) is 1. The molecule has 0 saturated carbocycles. The number of benzene rings is 1. The fourth-order valence-corrected chi connectivity index (χ4v) is 4.87. The van der Waals surface area contributed by atoms with Gasteiger partial charge in [0.2, 0.25) is 16.0 Å². The second kappa shape index (κ2) is 7.42. The van der Waals surface area contributed by atoms with Gasteiger partial charge in [-0.2, -0.15) is 0 Å². The third kappa shape index (κ3) is 4.13. The van der Waals surface area contributed by atoms with E-state index >= 15 is 0 Å². The number of aromatic nitrogens is 1. The number of pyridine rings is 1. The van der Waals surface area contributed by atoms with Crippen molar-refractivity contribution in [3.05, 3.63) is 64.5 Å². The number of guanidine groups is 1. The van der Waals surface area contributed by atoms with E-state index in [4.69, 9.17) is 18.0 Å². The van der Waals surface area contributed by atoms with Crippen LogP contribution in [0, 0.1) is 18.6 Å². The van der Waals surface area contributed by atoms with Crippen molar-refractivity contribution in [2.24, 2.45) is 10.7 Å². The van der Waals surface area contributed by atoms with E-state index in [1.165, 1.54) is 20.0 Å². The van der Waals surface area contributed by atoms with Crippen molar-refractivity contribution in [1.29, 1.82) is 0 Å². The summed E-state index contributed by atoms with van der Waals surface area (Å²) in [4.78, 5) is 8.84. The van der Waals surface area contributed by atoms with Gasteiger partial charge >= 0.3 is 0 Å². The molecule has 1 aliphatic heterocycles. The lowest BCUT2D eigenvalue weighted by molar-refractivity contribution is 0.435. The van der Waals surface area contributed by atoms with Crippen LogP contribution in [0.25, 0.3) is 0 Å². The van der Waals surface area contributed by atoms with Gasteiger partial charge in [0.1, 0.15) is 5.54 Å². The van der Waals surface area contributed by atoms with Crippen LogP contribution in [0.4, 0.5) is 8.78 Å². The maximum atomic E-state index is 14.7. The number of nitrogens with zero attached hydrogens (tertiary/aromatic N) is 3. The lowest BCUT2D eigenvalue weighted by Crippen LogP contribution is -2.50. The molecule has 0 fully saturated rings. The summed E-state index contributed by atoms with van der Waals surface area (Å²) in [6.07, 6.45) is 1.80. The molecule has 1 aromatic heterocycles. The summed E-state index contributed by atoms with van der Waals surface area (Å²) in [5.74, 6) is -3.10. The minimum Gasteiger partial charge on any atom is -0.369 e. The van der Waals surface area contributed by atoms with Crippen molar-refractivity contribution in [1.82, 2.24) is 9.29 Å². The zero-order valence-corrected chi connectivity index (χ0v) is 17.7. The normalized spacial score (nSPS) is 21.0. The molecular formula is C19H20F2N4O2S2. The molecule has 29 heavy (non-hydrogen) atoms. The number of hydrogen-bond donors (Lipinski definition) is 1. The van der Waals surface area contributed by atoms with Gasteiger partial charge in [0, 0.05) is 30.1 Å². The predicted molar refractivity (Wildman–Crippen MR) is 111 cm³/mol. The minimum absolute atomic E-state index is 0.136. The molecule has 2 aromatic rings. The SMILES string of the molecule is Cc1ccc(C(=S)Cc2cc(F)c(F)c([C@]3(C)CS(=O)(=O)N(C)C(N)=N3)c2)nc1. The summed E-state index contributed by atoms with van der Waals surface area (Å²) in [5.41, 5.74) is 5.88. The van der Waals surface area contributed by atoms with Gasteiger partial charge in [-0.15, -0.1) is 0 Å². The number of hydrogen-bond acceptors (Lipinski definition) is 6. The molecule has 0 unspecified atom stereocenters.